The standard InChI is InChI=1S/C23H28F6O/c1-2-3-15-4-6-16(7-5-15)17-8-10-18(11-9-17)23(28,29)30-19-12-13-20(21(24)14-19)22(25,26)27/h4,6,12-18H,2-3,5,7-11H2,1H3. The van der Waals surface area contributed by atoms with Gasteiger partial charge in [0.1, 0.15) is 11.6 Å². The largest absolute Gasteiger partial charge is 0.432 e. The molecule has 1 nitrogen and oxygen atoms in total. The topological polar surface area (TPSA) is 9.23 Å². The maximum atomic E-state index is 14.6. The number of halogens is 6. The molecule has 1 aromatic rings. The second kappa shape index (κ2) is 9.23. The molecule has 7 heteroatoms. The smallest absolute Gasteiger partial charge is 0.419 e. The molecule has 0 heterocycles. The Balaban J connectivity index is 1.56. The first kappa shape index (κ1) is 23.0. The van der Waals surface area contributed by atoms with Gasteiger partial charge in [0.05, 0.1) is 11.5 Å². The van der Waals surface area contributed by atoms with Crippen LogP contribution in [0.25, 0.3) is 0 Å². The second-order valence-electron chi connectivity index (χ2n) is 8.59. The molecule has 2 unspecified atom stereocenters. The lowest BCUT2D eigenvalue weighted by atomic mass is 9.71. The Morgan fingerprint density at radius 2 is 1.63 bits per heavy atom. The predicted molar refractivity (Wildman–Crippen MR) is 103 cm³/mol. The van der Waals surface area contributed by atoms with Crippen molar-refractivity contribution in [2.75, 3.05) is 0 Å². The summed E-state index contributed by atoms with van der Waals surface area (Å²) in [7, 11) is 0. The van der Waals surface area contributed by atoms with Crippen molar-refractivity contribution in [2.45, 2.75) is 70.6 Å². The summed E-state index contributed by atoms with van der Waals surface area (Å²) in [6.07, 6.45) is 2.58. The Bertz CT molecular complexity index is 734. The van der Waals surface area contributed by atoms with Crippen LogP contribution in [-0.4, -0.2) is 6.11 Å². The monoisotopic (exact) mass is 434 g/mol. The lowest BCUT2D eigenvalue weighted by Gasteiger charge is -2.37. The predicted octanol–water partition coefficient (Wildman–Crippen LogP) is 8.01. The molecule has 0 radical (unpaired) electrons. The number of ether oxygens (including phenoxy) is 1. The van der Waals surface area contributed by atoms with E-state index < -0.39 is 35.3 Å². The molecule has 2 aliphatic rings. The fourth-order valence-electron chi connectivity index (χ4n) is 4.82. The van der Waals surface area contributed by atoms with Gasteiger partial charge in [-0.25, -0.2) is 4.39 Å². The second-order valence-corrected chi connectivity index (χ2v) is 8.59. The van der Waals surface area contributed by atoms with Gasteiger partial charge in [0.2, 0.25) is 0 Å². The van der Waals surface area contributed by atoms with E-state index in [2.05, 4.69) is 23.8 Å². The molecule has 30 heavy (non-hydrogen) atoms. The first-order valence-electron chi connectivity index (χ1n) is 10.7. The highest BCUT2D eigenvalue weighted by Gasteiger charge is 2.45. The third kappa shape index (κ3) is 5.52. The number of rotatable bonds is 6. The summed E-state index contributed by atoms with van der Waals surface area (Å²) in [6, 6.07) is 1.55. The fraction of sp³-hybridized carbons (Fsp3) is 0.652. The molecule has 0 bridgehead atoms. The van der Waals surface area contributed by atoms with E-state index in [1.807, 2.05) is 0 Å². The average Bonchev–Trinajstić information content (AvgIpc) is 2.68. The lowest BCUT2D eigenvalue weighted by molar-refractivity contribution is -0.224. The van der Waals surface area contributed by atoms with E-state index in [0.717, 1.165) is 25.3 Å². The number of alkyl halides is 5. The molecule has 0 spiro atoms. The van der Waals surface area contributed by atoms with Crippen LogP contribution in [0.2, 0.25) is 0 Å². The number of hydrogen-bond acceptors (Lipinski definition) is 1. The highest BCUT2D eigenvalue weighted by molar-refractivity contribution is 5.30. The Morgan fingerprint density at radius 1 is 0.933 bits per heavy atom. The number of hydrogen-bond donors (Lipinski definition) is 0. The van der Waals surface area contributed by atoms with Crippen LogP contribution in [-0.2, 0) is 6.18 Å². The van der Waals surface area contributed by atoms with Gasteiger partial charge < -0.3 is 4.74 Å². The molecule has 0 saturated heterocycles. The van der Waals surface area contributed by atoms with E-state index in [1.165, 1.54) is 6.42 Å². The minimum atomic E-state index is -4.88. The van der Waals surface area contributed by atoms with E-state index in [0.29, 0.717) is 42.7 Å². The van der Waals surface area contributed by atoms with E-state index in [1.54, 1.807) is 0 Å². The van der Waals surface area contributed by atoms with Crippen molar-refractivity contribution in [2.24, 2.45) is 23.7 Å². The van der Waals surface area contributed by atoms with Crippen LogP contribution in [0.5, 0.6) is 5.75 Å². The van der Waals surface area contributed by atoms with Crippen molar-refractivity contribution in [1.29, 1.82) is 0 Å². The molecule has 168 valence electrons. The van der Waals surface area contributed by atoms with Gasteiger partial charge in [-0.15, -0.1) is 0 Å². The van der Waals surface area contributed by atoms with Crippen molar-refractivity contribution < 1.29 is 31.1 Å². The normalized spacial score (nSPS) is 27.8. The van der Waals surface area contributed by atoms with Crippen molar-refractivity contribution in [3.63, 3.8) is 0 Å². The first-order chi connectivity index (χ1) is 14.1. The number of benzene rings is 1. The molecule has 0 aromatic heterocycles. The average molecular weight is 434 g/mol. The van der Waals surface area contributed by atoms with Crippen LogP contribution in [0.15, 0.2) is 30.4 Å². The van der Waals surface area contributed by atoms with Crippen LogP contribution < -0.4 is 4.74 Å². The summed E-state index contributed by atoms with van der Waals surface area (Å²) < 4.78 is 85.3. The van der Waals surface area contributed by atoms with Crippen molar-refractivity contribution in [1.82, 2.24) is 0 Å². The lowest BCUT2D eigenvalue weighted by Crippen LogP contribution is -2.38. The molecule has 0 amide bonds. The molecule has 1 saturated carbocycles. The van der Waals surface area contributed by atoms with Crippen LogP contribution in [0.4, 0.5) is 26.3 Å². The molecule has 3 rings (SSSR count). The molecule has 0 aliphatic heterocycles. The molecule has 2 atom stereocenters. The number of allylic oxidation sites excluding steroid dienone is 2. The van der Waals surface area contributed by atoms with Crippen LogP contribution in [0, 0.1) is 29.5 Å². The zero-order valence-electron chi connectivity index (χ0n) is 17.0. The minimum Gasteiger partial charge on any atom is -0.432 e. The molecular weight excluding hydrogens is 406 g/mol. The van der Waals surface area contributed by atoms with Gasteiger partial charge in [0, 0.05) is 6.07 Å². The van der Waals surface area contributed by atoms with Crippen LogP contribution in [0.3, 0.4) is 0 Å². The highest BCUT2D eigenvalue weighted by Crippen LogP contribution is 2.44. The summed E-state index contributed by atoms with van der Waals surface area (Å²) >= 11 is 0. The van der Waals surface area contributed by atoms with Gasteiger partial charge in [-0.05, 0) is 74.8 Å². The van der Waals surface area contributed by atoms with Gasteiger partial charge in [-0.1, -0.05) is 25.5 Å². The third-order valence-corrected chi connectivity index (χ3v) is 6.51. The molecule has 0 N–H and O–H groups in total. The zero-order valence-corrected chi connectivity index (χ0v) is 17.0. The van der Waals surface area contributed by atoms with Gasteiger partial charge in [-0.3, -0.25) is 0 Å². The highest BCUT2D eigenvalue weighted by atomic mass is 19.4. The summed E-state index contributed by atoms with van der Waals surface area (Å²) in [5.41, 5.74) is -1.50. The van der Waals surface area contributed by atoms with E-state index in [9.17, 15) is 26.3 Å². The van der Waals surface area contributed by atoms with E-state index in [4.69, 9.17) is 0 Å². The molecule has 1 fully saturated rings. The summed E-state index contributed by atoms with van der Waals surface area (Å²) in [4.78, 5) is 0. The van der Waals surface area contributed by atoms with Gasteiger partial charge in [-0.2, -0.15) is 22.0 Å². The summed E-state index contributed by atoms with van der Waals surface area (Å²) in [6.45, 7) is 2.17. The van der Waals surface area contributed by atoms with E-state index in [-0.39, 0.29) is 12.8 Å². The van der Waals surface area contributed by atoms with Crippen LogP contribution >= 0.6 is 0 Å². The summed E-state index contributed by atoms with van der Waals surface area (Å²) in [5.74, 6) is -1.81. The summed E-state index contributed by atoms with van der Waals surface area (Å²) in [5, 5.41) is 0. The van der Waals surface area contributed by atoms with Crippen LogP contribution in [0.1, 0.15) is 63.9 Å². The molecular formula is C23H28F6O. The Labute approximate surface area is 173 Å². The minimum absolute atomic E-state index is 0.281. The Kier molecular flexibility index (Phi) is 7.08. The van der Waals surface area contributed by atoms with Gasteiger partial charge in [0.15, 0.2) is 0 Å². The van der Waals surface area contributed by atoms with Gasteiger partial charge >= 0.3 is 12.3 Å². The molecule has 1 aromatic carbocycles. The third-order valence-electron chi connectivity index (χ3n) is 6.51. The quantitative estimate of drug-likeness (QED) is 0.325. The van der Waals surface area contributed by atoms with E-state index >= 15 is 0 Å². The van der Waals surface area contributed by atoms with Crippen molar-refractivity contribution >= 4 is 0 Å². The fourth-order valence-corrected chi connectivity index (χ4v) is 4.82. The first-order valence-corrected chi connectivity index (χ1v) is 10.7. The maximum absolute atomic E-state index is 14.6. The Morgan fingerprint density at radius 3 is 2.17 bits per heavy atom. The maximum Gasteiger partial charge on any atom is 0.419 e. The molecule has 2 aliphatic carbocycles. The van der Waals surface area contributed by atoms with Gasteiger partial charge in [0.25, 0.3) is 0 Å². The van der Waals surface area contributed by atoms with Crippen molar-refractivity contribution in [3.8, 4) is 5.75 Å². The zero-order chi connectivity index (χ0) is 21.9. The van der Waals surface area contributed by atoms with Crippen molar-refractivity contribution in [3.05, 3.63) is 41.7 Å². The Hall–Kier alpha value is -1.66. The SMILES string of the molecule is CCCC1C=CC(C2CCC(C(F)(F)Oc3ccc(C(F)(F)F)c(F)c3)CC2)CC1.